The van der Waals surface area contributed by atoms with Crippen LogP contribution in [0.3, 0.4) is 0 Å². The van der Waals surface area contributed by atoms with Crippen molar-refractivity contribution in [3.8, 4) is 5.75 Å². The summed E-state index contributed by atoms with van der Waals surface area (Å²) in [6, 6.07) is 7.40. The Morgan fingerprint density at radius 2 is 1.94 bits per heavy atom. The van der Waals surface area contributed by atoms with Crippen molar-refractivity contribution in [1.29, 1.82) is 0 Å². The first kappa shape index (κ1) is 11.6. The second-order valence-electron chi connectivity index (χ2n) is 4.08. The molecule has 5 nitrogen and oxygen atoms in total. The average Bonchev–Trinajstić information content (AvgIpc) is 2.82. The Morgan fingerprint density at radius 1 is 1.24 bits per heavy atom. The predicted octanol–water partition coefficient (Wildman–Crippen LogP) is 1.64. The number of H-pyrrole nitrogens is 1. The number of aromatic nitrogens is 3. The van der Waals surface area contributed by atoms with Crippen molar-refractivity contribution >= 4 is 0 Å². The van der Waals surface area contributed by atoms with Gasteiger partial charge < -0.3 is 10.5 Å². The van der Waals surface area contributed by atoms with Crippen LogP contribution in [0.1, 0.15) is 31.3 Å². The summed E-state index contributed by atoms with van der Waals surface area (Å²) in [6.45, 7) is 3.99. The molecule has 0 fully saturated rings. The van der Waals surface area contributed by atoms with Crippen molar-refractivity contribution < 1.29 is 4.74 Å². The van der Waals surface area contributed by atoms with Crippen molar-refractivity contribution in [2.75, 3.05) is 0 Å². The first-order valence-corrected chi connectivity index (χ1v) is 5.54. The van der Waals surface area contributed by atoms with Gasteiger partial charge >= 0.3 is 0 Å². The summed E-state index contributed by atoms with van der Waals surface area (Å²) < 4.78 is 5.56. The molecule has 5 heteroatoms. The van der Waals surface area contributed by atoms with Gasteiger partial charge in [0, 0.05) is 0 Å². The molecule has 1 unspecified atom stereocenters. The lowest BCUT2D eigenvalue weighted by Gasteiger charge is -2.12. The molecule has 0 spiro atoms. The van der Waals surface area contributed by atoms with Crippen LogP contribution in [0.15, 0.2) is 30.6 Å². The highest BCUT2D eigenvalue weighted by molar-refractivity contribution is 5.31. The Hall–Kier alpha value is -1.88. The summed E-state index contributed by atoms with van der Waals surface area (Å²) >= 11 is 0. The molecule has 0 aliphatic carbocycles. The fourth-order valence-electron chi connectivity index (χ4n) is 1.55. The molecule has 1 heterocycles. The van der Waals surface area contributed by atoms with Gasteiger partial charge in [-0.15, -0.1) is 0 Å². The molecule has 1 atom stereocenters. The third-order valence-electron chi connectivity index (χ3n) is 2.34. The van der Waals surface area contributed by atoms with Crippen LogP contribution >= 0.6 is 0 Å². The molecular formula is C12H16N4O. The molecule has 0 bridgehead atoms. The van der Waals surface area contributed by atoms with Gasteiger partial charge in [0.25, 0.3) is 0 Å². The maximum atomic E-state index is 6.04. The number of hydrogen-bond donors (Lipinski definition) is 2. The molecule has 0 radical (unpaired) electrons. The number of aromatic amines is 1. The van der Waals surface area contributed by atoms with Crippen LogP contribution in [0, 0.1) is 0 Å². The van der Waals surface area contributed by atoms with E-state index < -0.39 is 0 Å². The molecule has 1 aromatic heterocycles. The summed E-state index contributed by atoms with van der Waals surface area (Å²) in [5.41, 5.74) is 7.01. The van der Waals surface area contributed by atoms with Crippen LogP contribution in [-0.4, -0.2) is 21.3 Å². The smallest absolute Gasteiger partial charge is 0.145 e. The van der Waals surface area contributed by atoms with E-state index in [0.717, 1.165) is 11.3 Å². The predicted molar refractivity (Wildman–Crippen MR) is 64.6 cm³/mol. The van der Waals surface area contributed by atoms with E-state index in [1.807, 2.05) is 38.1 Å². The molecule has 0 saturated heterocycles. The van der Waals surface area contributed by atoms with Gasteiger partial charge in [0.15, 0.2) is 0 Å². The molecule has 1 aromatic carbocycles. The third-order valence-corrected chi connectivity index (χ3v) is 2.34. The molecule has 0 saturated carbocycles. The molecule has 2 rings (SSSR count). The van der Waals surface area contributed by atoms with Gasteiger partial charge in [0.2, 0.25) is 0 Å². The van der Waals surface area contributed by atoms with E-state index in [4.69, 9.17) is 10.5 Å². The van der Waals surface area contributed by atoms with Gasteiger partial charge in [0.1, 0.15) is 17.9 Å². The van der Waals surface area contributed by atoms with E-state index in [9.17, 15) is 0 Å². The first-order chi connectivity index (χ1) is 8.16. The lowest BCUT2D eigenvalue weighted by molar-refractivity contribution is 0.242. The van der Waals surface area contributed by atoms with Gasteiger partial charge in [0.05, 0.1) is 12.1 Å². The Labute approximate surface area is 100 Å². The number of benzene rings is 1. The highest BCUT2D eigenvalue weighted by Crippen LogP contribution is 2.20. The van der Waals surface area contributed by atoms with Gasteiger partial charge in [-0.3, -0.25) is 5.10 Å². The largest absolute Gasteiger partial charge is 0.491 e. The van der Waals surface area contributed by atoms with Crippen molar-refractivity contribution in [3.05, 3.63) is 42.0 Å². The van der Waals surface area contributed by atoms with E-state index in [1.165, 1.54) is 6.33 Å². The minimum Gasteiger partial charge on any atom is -0.491 e. The third kappa shape index (κ3) is 2.82. The second kappa shape index (κ2) is 4.97. The molecule has 0 aliphatic heterocycles. The maximum absolute atomic E-state index is 6.04. The van der Waals surface area contributed by atoms with Gasteiger partial charge in [-0.1, -0.05) is 12.1 Å². The quantitative estimate of drug-likeness (QED) is 0.840. The minimum atomic E-state index is -0.286. The number of nitrogens with zero attached hydrogens (tertiary/aromatic N) is 2. The van der Waals surface area contributed by atoms with Gasteiger partial charge in [-0.25, -0.2) is 4.98 Å². The molecule has 3 N–H and O–H groups in total. The Kier molecular flexibility index (Phi) is 3.39. The lowest BCUT2D eigenvalue weighted by atomic mass is 10.1. The SMILES string of the molecule is CC(C)Oc1ccc(C(N)c2ncn[nH]2)cc1. The zero-order valence-electron chi connectivity index (χ0n) is 9.92. The van der Waals surface area contributed by atoms with Gasteiger partial charge in [-0.05, 0) is 31.5 Å². The van der Waals surface area contributed by atoms with Crippen LogP contribution < -0.4 is 10.5 Å². The van der Waals surface area contributed by atoms with E-state index in [0.29, 0.717) is 5.82 Å². The zero-order valence-corrected chi connectivity index (χ0v) is 9.92. The molecular weight excluding hydrogens is 216 g/mol. The Balaban J connectivity index is 2.12. The molecule has 0 aliphatic rings. The number of hydrogen-bond acceptors (Lipinski definition) is 4. The standard InChI is InChI=1S/C12H16N4O/c1-8(2)17-10-5-3-9(4-6-10)11(13)12-14-7-15-16-12/h3-8,11H,13H2,1-2H3,(H,14,15,16). The van der Waals surface area contributed by atoms with Crippen LogP contribution in [0.2, 0.25) is 0 Å². The normalized spacial score (nSPS) is 12.7. The van der Waals surface area contributed by atoms with Crippen molar-refractivity contribution in [3.63, 3.8) is 0 Å². The van der Waals surface area contributed by atoms with Crippen molar-refractivity contribution in [1.82, 2.24) is 15.2 Å². The Morgan fingerprint density at radius 3 is 2.47 bits per heavy atom. The monoisotopic (exact) mass is 232 g/mol. The second-order valence-corrected chi connectivity index (χ2v) is 4.08. The van der Waals surface area contributed by atoms with E-state index >= 15 is 0 Å². The fourth-order valence-corrected chi connectivity index (χ4v) is 1.55. The molecule has 90 valence electrons. The van der Waals surface area contributed by atoms with E-state index in [1.54, 1.807) is 0 Å². The van der Waals surface area contributed by atoms with Crippen LogP contribution in [0.25, 0.3) is 0 Å². The fraction of sp³-hybridized carbons (Fsp3) is 0.333. The van der Waals surface area contributed by atoms with Crippen molar-refractivity contribution in [2.45, 2.75) is 26.0 Å². The van der Waals surface area contributed by atoms with Crippen LogP contribution in [0.4, 0.5) is 0 Å². The number of nitrogens with one attached hydrogen (secondary N) is 1. The summed E-state index contributed by atoms with van der Waals surface area (Å²) in [5, 5.41) is 6.55. The number of ether oxygens (including phenoxy) is 1. The molecule has 2 aromatic rings. The highest BCUT2D eigenvalue weighted by Gasteiger charge is 2.11. The van der Waals surface area contributed by atoms with Crippen LogP contribution in [0.5, 0.6) is 5.75 Å². The van der Waals surface area contributed by atoms with Crippen LogP contribution in [-0.2, 0) is 0 Å². The zero-order chi connectivity index (χ0) is 12.3. The Bertz CT molecular complexity index is 450. The summed E-state index contributed by atoms with van der Waals surface area (Å²) in [7, 11) is 0. The maximum Gasteiger partial charge on any atom is 0.145 e. The van der Waals surface area contributed by atoms with E-state index in [-0.39, 0.29) is 12.1 Å². The average molecular weight is 232 g/mol. The molecule has 0 amide bonds. The van der Waals surface area contributed by atoms with E-state index in [2.05, 4.69) is 15.2 Å². The first-order valence-electron chi connectivity index (χ1n) is 5.54. The topological polar surface area (TPSA) is 76.8 Å². The minimum absolute atomic E-state index is 0.170. The summed E-state index contributed by atoms with van der Waals surface area (Å²) in [5.74, 6) is 1.50. The highest BCUT2D eigenvalue weighted by atomic mass is 16.5. The summed E-state index contributed by atoms with van der Waals surface area (Å²) in [4.78, 5) is 4.04. The number of nitrogens with two attached hydrogens (primary N) is 1. The van der Waals surface area contributed by atoms with Crippen molar-refractivity contribution in [2.24, 2.45) is 5.73 Å². The number of rotatable bonds is 4. The molecule has 17 heavy (non-hydrogen) atoms. The lowest BCUT2D eigenvalue weighted by Crippen LogP contribution is -2.13. The summed E-state index contributed by atoms with van der Waals surface area (Å²) in [6.07, 6.45) is 1.62. The van der Waals surface area contributed by atoms with Gasteiger partial charge in [-0.2, -0.15) is 5.10 Å².